The molecule has 0 radical (unpaired) electrons. The van der Waals surface area contributed by atoms with Gasteiger partial charge in [-0.15, -0.1) is 0 Å². The minimum atomic E-state index is -0.670. The van der Waals surface area contributed by atoms with E-state index in [1.165, 1.54) is 12.3 Å². The summed E-state index contributed by atoms with van der Waals surface area (Å²) in [5.41, 5.74) is -0.572. The van der Waals surface area contributed by atoms with Crippen LogP contribution >= 0.6 is 0 Å². The fourth-order valence-electron chi connectivity index (χ4n) is 2.40. The molecule has 5 heteroatoms. The van der Waals surface area contributed by atoms with Crippen molar-refractivity contribution in [2.75, 3.05) is 13.1 Å². The maximum Gasteiger partial charge on any atom is 0.254 e. The van der Waals surface area contributed by atoms with Crippen LogP contribution < -0.4 is 5.56 Å². The van der Waals surface area contributed by atoms with Gasteiger partial charge in [-0.05, 0) is 24.8 Å². The number of carbonyl (C=O) groups excluding carboxylic acids is 1. The van der Waals surface area contributed by atoms with Gasteiger partial charge in [-0.3, -0.25) is 9.59 Å². The van der Waals surface area contributed by atoms with E-state index in [4.69, 9.17) is 0 Å². The lowest BCUT2D eigenvalue weighted by Gasteiger charge is -2.47. The van der Waals surface area contributed by atoms with Gasteiger partial charge in [0.15, 0.2) is 0 Å². The van der Waals surface area contributed by atoms with Crippen molar-refractivity contribution in [3.8, 4) is 0 Å². The molecule has 3 rings (SSSR count). The minimum Gasteiger partial charge on any atom is -0.386 e. The Balaban J connectivity index is 1.71. The van der Waals surface area contributed by atoms with Crippen molar-refractivity contribution in [3.63, 3.8) is 0 Å². The molecule has 1 aliphatic heterocycles. The topological polar surface area (TPSA) is 73.4 Å². The Morgan fingerprint density at radius 3 is 2.76 bits per heavy atom. The Morgan fingerprint density at radius 2 is 2.18 bits per heavy atom. The van der Waals surface area contributed by atoms with Crippen molar-refractivity contribution < 1.29 is 9.90 Å². The lowest BCUT2D eigenvalue weighted by molar-refractivity contribution is -0.0958. The molecular weight excluding hydrogens is 220 g/mol. The van der Waals surface area contributed by atoms with E-state index in [1.807, 2.05) is 0 Å². The first-order chi connectivity index (χ1) is 8.08. The van der Waals surface area contributed by atoms with Crippen LogP contribution in [0, 0.1) is 5.92 Å². The highest BCUT2D eigenvalue weighted by Crippen LogP contribution is 2.44. The lowest BCUT2D eigenvalue weighted by Crippen LogP contribution is -2.64. The van der Waals surface area contributed by atoms with Crippen LogP contribution in [0.3, 0.4) is 0 Å². The number of likely N-dealkylation sites (tertiary alicyclic amines) is 1. The van der Waals surface area contributed by atoms with E-state index in [0.717, 1.165) is 12.8 Å². The van der Waals surface area contributed by atoms with Gasteiger partial charge in [-0.1, -0.05) is 0 Å². The number of hydrogen-bond donors (Lipinski definition) is 2. The zero-order chi connectivity index (χ0) is 12.0. The normalized spacial score (nSPS) is 22.1. The van der Waals surface area contributed by atoms with E-state index in [2.05, 4.69) is 4.98 Å². The highest BCUT2D eigenvalue weighted by molar-refractivity contribution is 5.94. The predicted octanol–water partition coefficient (Wildman–Crippen LogP) is -0.0282. The molecule has 2 fully saturated rings. The Bertz CT molecular complexity index is 512. The standard InChI is InChI=1S/C12H14N2O3/c15-10-5-8(3-4-13-10)11(16)14-6-12(17,7-14)9-1-2-9/h3-5,9,17H,1-2,6-7H2,(H,13,15). The number of H-pyrrole nitrogens is 1. The summed E-state index contributed by atoms with van der Waals surface area (Å²) in [6, 6.07) is 2.87. The zero-order valence-electron chi connectivity index (χ0n) is 9.35. The van der Waals surface area contributed by atoms with Crippen LogP contribution in [0.15, 0.2) is 23.1 Å². The van der Waals surface area contributed by atoms with Gasteiger partial charge in [0, 0.05) is 17.8 Å². The fourth-order valence-corrected chi connectivity index (χ4v) is 2.40. The number of hydrogen-bond acceptors (Lipinski definition) is 3. The summed E-state index contributed by atoms with van der Waals surface area (Å²) in [6.07, 6.45) is 3.58. The van der Waals surface area contributed by atoms with Crippen LogP contribution in [0.25, 0.3) is 0 Å². The van der Waals surface area contributed by atoms with E-state index < -0.39 is 5.60 Å². The van der Waals surface area contributed by atoms with Gasteiger partial charge in [-0.2, -0.15) is 0 Å². The highest BCUT2D eigenvalue weighted by atomic mass is 16.3. The number of β-amino-alcohol motifs (C(OH)–C–C–N with tert-alkyl or cyclic N) is 1. The smallest absolute Gasteiger partial charge is 0.254 e. The number of amides is 1. The third-order valence-corrected chi connectivity index (χ3v) is 3.58. The summed E-state index contributed by atoms with van der Waals surface area (Å²) in [7, 11) is 0. The molecule has 0 bridgehead atoms. The van der Waals surface area contributed by atoms with Crippen molar-refractivity contribution in [2.24, 2.45) is 5.92 Å². The molecule has 1 saturated carbocycles. The molecule has 1 amide bonds. The van der Waals surface area contributed by atoms with Crippen LogP contribution in [0.1, 0.15) is 23.2 Å². The van der Waals surface area contributed by atoms with Crippen LogP contribution in [0.4, 0.5) is 0 Å². The maximum absolute atomic E-state index is 12.0. The van der Waals surface area contributed by atoms with Crippen LogP contribution in [-0.4, -0.2) is 39.6 Å². The van der Waals surface area contributed by atoms with E-state index in [1.54, 1.807) is 11.0 Å². The van der Waals surface area contributed by atoms with Crippen LogP contribution in [0.5, 0.6) is 0 Å². The molecule has 0 spiro atoms. The number of carbonyl (C=O) groups is 1. The van der Waals surface area contributed by atoms with Gasteiger partial charge in [-0.25, -0.2) is 0 Å². The Kier molecular flexibility index (Phi) is 2.13. The molecule has 1 aliphatic carbocycles. The van der Waals surface area contributed by atoms with Crippen molar-refractivity contribution in [1.29, 1.82) is 0 Å². The summed E-state index contributed by atoms with van der Waals surface area (Å²) < 4.78 is 0. The number of nitrogens with one attached hydrogen (secondary N) is 1. The molecule has 0 atom stereocenters. The van der Waals surface area contributed by atoms with Gasteiger partial charge in [0.2, 0.25) is 5.56 Å². The second-order valence-corrected chi connectivity index (χ2v) is 4.98. The summed E-state index contributed by atoms with van der Waals surface area (Å²) in [6.45, 7) is 0.784. The molecule has 17 heavy (non-hydrogen) atoms. The quantitative estimate of drug-likeness (QED) is 0.754. The first-order valence-corrected chi connectivity index (χ1v) is 5.79. The SMILES string of the molecule is O=C(c1cc[nH]c(=O)c1)N1CC(O)(C2CC2)C1. The molecule has 2 aliphatic rings. The number of aromatic nitrogens is 1. The van der Waals surface area contributed by atoms with Gasteiger partial charge in [0.05, 0.1) is 13.1 Å². The predicted molar refractivity (Wildman–Crippen MR) is 60.6 cm³/mol. The number of pyridine rings is 1. The van der Waals surface area contributed by atoms with Crippen molar-refractivity contribution in [3.05, 3.63) is 34.2 Å². The number of rotatable bonds is 2. The van der Waals surface area contributed by atoms with Crippen LogP contribution in [-0.2, 0) is 0 Å². The minimum absolute atomic E-state index is 0.179. The molecule has 0 aromatic carbocycles. The molecule has 1 aromatic heterocycles. The summed E-state index contributed by atoms with van der Waals surface area (Å²) in [5, 5.41) is 10.1. The summed E-state index contributed by atoms with van der Waals surface area (Å²) in [4.78, 5) is 27.1. The summed E-state index contributed by atoms with van der Waals surface area (Å²) >= 11 is 0. The second-order valence-electron chi connectivity index (χ2n) is 4.98. The molecular formula is C12H14N2O3. The molecule has 1 saturated heterocycles. The van der Waals surface area contributed by atoms with E-state index in [0.29, 0.717) is 24.6 Å². The van der Waals surface area contributed by atoms with Crippen molar-refractivity contribution >= 4 is 5.91 Å². The maximum atomic E-state index is 12.0. The lowest BCUT2D eigenvalue weighted by atomic mass is 9.88. The Hall–Kier alpha value is -1.62. The third-order valence-electron chi connectivity index (χ3n) is 3.58. The number of aliphatic hydroxyl groups is 1. The van der Waals surface area contributed by atoms with E-state index in [9.17, 15) is 14.7 Å². The Labute approximate surface area is 98.1 Å². The fraction of sp³-hybridized carbons (Fsp3) is 0.500. The molecule has 2 heterocycles. The van der Waals surface area contributed by atoms with E-state index >= 15 is 0 Å². The average molecular weight is 234 g/mol. The highest BCUT2D eigenvalue weighted by Gasteiger charge is 2.53. The van der Waals surface area contributed by atoms with Crippen LogP contribution in [0.2, 0.25) is 0 Å². The van der Waals surface area contributed by atoms with Crippen molar-refractivity contribution in [1.82, 2.24) is 9.88 Å². The largest absolute Gasteiger partial charge is 0.386 e. The van der Waals surface area contributed by atoms with Gasteiger partial charge < -0.3 is 15.0 Å². The number of nitrogens with zero attached hydrogens (tertiary/aromatic N) is 1. The molecule has 5 nitrogen and oxygen atoms in total. The molecule has 1 aromatic rings. The second kappa shape index (κ2) is 3.43. The van der Waals surface area contributed by atoms with Gasteiger partial charge >= 0.3 is 0 Å². The first-order valence-electron chi connectivity index (χ1n) is 5.79. The zero-order valence-corrected chi connectivity index (χ0v) is 9.35. The monoisotopic (exact) mass is 234 g/mol. The molecule has 0 unspecified atom stereocenters. The molecule has 90 valence electrons. The number of aromatic amines is 1. The van der Waals surface area contributed by atoms with Gasteiger partial charge in [0.1, 0.15) is 5.60 Å². The third kappa shape index (κ3) is 1.76. The van der Waals surface area contributed by atoms with Gasteiger partial charge in [0.25, 0.3) is 5.91 Å². The Morgan fingerprint density at radius 1 is 1.47 bits per heavy atom. The summed E-state index contributed by atoms with van der Waals surface area (Å²) in [5.74, 6) is 0.187. The first kappa shape index (κ1) is 10.5. The molecule has 2 N–H and O–H groups in total. The average Bonchev–Trinajstić information content (AvgIpc) is 3.08. The van der Waals surface area contributed by atoms with E-state index in [-0.39, 0.29) is 11.5 Å². The van der Waals surface area contributed by atoms with Crippen molar-refractivity contribution in [2.45, 2.75) is 18.4 Å².